The van der Waals surface area contributed by atoms with Gasteiger partial charge in [-0.1, -0.05) is 103 Å². The summed E-state index contributed by atoms with van der Waals surface area (Å²) in [6, 6.07) is 42.5. The van der Waals surface area contributed by atoms with Crippen LogP contribution < -0.4 is 0 Å². The van der Waals surface area contributed by atoms with Crippen molar-refractivity contribution in [2.24, 2.45) is 0 Å². The summed E-state index contributed by atoms with van der Waals surface area (Å²) < 4.78 is 90.2. The molecular weight excluding hydrogens is 781 g/mol. The van der Waals surface area contributed by atoms with Gasteiger partial charge in [0.1, 0.15) is 0 Å². The van der Waals surface area contributed by atoms with Crippen molar-refractivity contribution in [2.75, 3.05) is 0 Å². The van der Waals surface area contributed by atoms with Gasteiger partial charge in [-0.2, -0.15) is 31.6 Å². The van der Waals surface area contributed by atoms with Gasteiger partial charge in [-0.15, -0.1) is 0 Å². The van der Waals surface area contributed by atoms with E-state index >= 15 is 0 Å². The van der Waals surface area contributed by atoms with Crippen molar-refractivity contribution in [1.82, 2.24) is 9.13 Å². The third-order valence-electron chi connectivity index (χ3n) is 11.5. The van der Waals surface area contributed by atoms with Gasteiger partial charge in [0.2, 0.25) is 0 Å². The molecule has 0 saturated heterocycles. The molecule has 0 aliphatic carbocycles. The Morgan fingerprint density at radius 3 is 1.64 bits per heavy atom. The summed E-state index contributed by atoms with van der Waals surface area (Å²) in [5, 5.41) is 14.4. The SMILES string of the molecule is C=CC(=C(C)C)c1ccc2c3ccccc3n(-c3cc(C#N)c(-c4cc(C(F)(F)F)cc(C(F)(F)F)c4)cc3-n3c4ccccc4c4ccc(-c5ccccc5C)cc43)c2c1. The fourth-order valence-corrected chi connectivity index (χ4v) is 8.68. The van der Waals surface area contributed by atoms with Crippen molar-refractivity contribution in [2.45, 2.75) is 33.1 Å². The highest BCUT2D eigenvalue weighted by Gasteiger charge is 2.37. The van der Waals surface area contributed by atoms with Gasteiger partial charge in [-0.25, -0.2) is 0 Å². The van der Waals surface area contributed by atoms with Crippen LogP contribution in [-0.4, -0.2) is 9.13 Å². The van der Waals surface area contributed by atoms with Crippen LogP contribution in [0.2, 0.25) is 0 Å². The molecule has 0 atom stereocenters. The largest absolute Gasteiger partial charge is 0.416 e. The van der Waals surface area contributed by atoms with Gasteiger partial charge >= 0.3 is 12.4 Å². The number of halogens is 6. The van der Waals surface area contributed by atoms with Crippen LogP contribution in [0.4, 0.5) is 26.3 Å². The Balaban J connectivity index is 1.48. The molecule has 0 bridgehead atoms. The molecule has 61 heavy (non-hydrogen) atoms. The van der Waals surface area contributed by atoms with Gasteiger partial charge in [-0.3, -0.25) is 0 Å². The lowest BCUT2D eigenvalue weighted by Crippen LogP contribution is -2.11. The van der Waals surface area contributed by atoms with Crippen molar-refractivity contribution in [1.29, 1.82) is 5.26 Å². The zero-order chi connectivity index (χ0) is 43.0. The van der Waals surface area contributed by atoms with Gasteiger partial charge in [0.05, 0.1) is 56.2 Å². The second-order valence-electron chi connectivity index (χ2n) is 15.4. The molecule has 0 N–H and O–H groups in total. The summed E-state index contributed by atoms with van der Waals surface area (Å²) in [6.45, 7) is 10.1. The summed E-state index contributed by atoms with van der Waals surface area (Å²) in [4.78, 5) is 0. The van der Waals surface area contributed by atoms with Gasteiger partial charge in [-0.05, 0) is 109 Å². The van der Waals surface area contributed by atoms with E-state index in [4.69, 9.17) is 0 Å². The normalized spacial score (nSPS) is 12.1. The van der Waals surface area contributed by atoms with Crippen molar-refractivity contribution in [3.8, 4) is 39.7 Å². The monoisotopic (exact) mass is 815 g/mol. The minimum atomic E-state index is -5.10. The van der Waals surface area contributed by atoms with Crippen LogP contribution in [-0.2, 0) is 12.4 Å². The molecule has 0 radical (unpaired) electrons. The molecule has 7 aromatic carbocycles. The number of allylic oxidation sites excluding steroid dienone is 3. The van der Waals surface area contributed by atoms with Crippen LogP contribution >= 0.6 is 0 Å². The maximum absolute atomic E-state index is 14.4. The van der Waals surface area contributed by atoms with Crippen molar-refractivity contribution in [3.63, 3.8) is 0 Å². The van der Waals surface area contributed by atoms with E-state index in [-0.39, 0.29) is 17.2 Å². The molecule has 300 valence electrons. The highest BCUT2D eigenvalue weighted by Crippen LogP contribution is 2.44. The molecule has 0 aliphatic heterocycles. The summed E-state index contributed by atoms with van der Waals surface area (Å²) >= 11 is 0. The van der Waals surface area contributed by atoms with Gasteiger partial charge in [0.15, 0.2) is 0 Å². The molecular formula is C52H35F6N3. The highest BCUT2D eigenvalue weighted by molar-refractivity contribution is 6.13. The molecule has 9 aromatic rings. The summed E-state index contributed by atoms with van der Waals surface area (Å²) in [5.74, 6) is 0. The zero-order valence-corrected chi connectivity index (χ0v) is 33.2. The van der Waals surface area contributed by atoms with Gasteiger partial charge in [0, 0.05) is 27.1 Å². The van der Waals surface area contributed by atoms with Gasteiger partial charge in [0.25, 0.3) is 0 Å². The number of fused-ring (bicyclic) bond motifs is 6. The fraction of sp³-hybridized carbons (Fsp3) is 0.0962. The van der Waals surface area contributed by atoms with Crippen LogP contribution in [0.5, 0.6) is 0 Å². The number of benzene rings is 7. The third kappa shape index (κ3) is 6.56. The second kappa shape index (κ2) is 14.5. The number of nitriles is 1. The van der Waals surface area contributed by atoms with E-state index in [9.17, 15) is 31.6 Å². The third-order valence-corrected chi connectivity index (χ3v) is 11.5. The van der Waals surface area contributed by atoms with Crippen molar-refractivity contribution in [3.05, 3.63) is 186 Å². The molecule has 0 aliphatic rings. The Morgan fingerprint density at radius 2 is 1.08 bits per heavy atom. The number of hydrogen-bond donors (Lipinski definition) is 0. The molecule has 0 amide bonds. The molecule has 0 spiro atoms. The van der Waals surface area contributed by atoms with E-state index in [0.29, 0.717) is 23.5 Å². The van der Waals surface area contributed by atoms with Gasteiger partial charge < -0.3 is 9.13 Å². The zero-order valence-electron chi connectivity index (χ0n) is 33.2. The topological polar surface area (TPSA) is 33.6 Å². The molecule has 2 heterocycles. The van der Waals surface area contributed by atoms with Crippen LogP contribution in [0.25, 0.3) is 82.8 Å². The first-order chi connectivity index (χ1) is 29.2. The summed E-state index contributed by atoms with van der Waals surface area (Å²) in [7, 11) is 0. The number of rotatable bonds is 6. The quantitative estimate of drug-likeness (QED) is 0.122. The van der Waals surface area contributed by atoms with E-state index in [1.165, 1.54) is 0 Å². The Morgan fingerprint density at radius 1 is 0.557 bits per heavy atom. The molecule has 9 rings (SSSR count). The molecule has 3 nitrogen and oxygen atoms in total. The smallest absolute Gasteiger partial charge is 0.307 e. The predicted molar refractivity (Wildman–Crippen MR) is 234 cm³/mol. The van der Waals surface area contributed by atoms with Crippen molar-refractivity contribution >= 4 is 49.2 Å². The van der Waals surface area contributed by atoms with Crippen LogP contribution in [0.3, 0.4) is 0 Å². The first kappa shape index (κ1) is 39.2. The number of para-hydroxylation sites is 2. The average Bonchev–Trinajstić information content (AvgIpc) is 3.74. The predicted octanol–water partition coefficient (Wildman–Crippen LogP) is 15.4. The lowest BCUT2D eigenvalue weighted by Gasteiger charge is -2.21. The fourth-order valence-electron chi connectivity index (χ4n) is 8.68. The minimum Gasteiger partial charge on any atom is -0.307 e. The Labute approximate surface area is 347 Å². The Bertz CT molecular complexity index is 3310. The maximum Gasteiger partial charge on any atom is 0.416 e. The maximum atomic E-state index is 14.4. The van der Waals surface area contributed by atoms with Crippen molar-refractivity contribution < 1.29 is 26.3 Å². The number of nitrogens with zero attached hydrogens (tertiary/aromatic N) is 3. The Kier molecular flexibility index (Phi) is 9.28. The summed E-state index contributed by atoms with van der Waals surface area (Å²) in [6.07, 6.45) is -8.40. The highest BCUT2D eigenvalue weighted by atomic mass is 19.4. The first-order valence-electron chi connectivity index (χ1n) is 19.5. The Hall–Kier alpha value is -7.31. The van der Waals surface area contributed by atoms with E-state index in [0.717, 1.165) is 77.0 Å². The van der Waals surface area contributed by atoms with Crippen LogP contribution in [0.15, 0.2) is 158 Å². The van der Waals surface area contributed by atoms with E-state index < -0.39 is 29.0 Å². The first-order valence-corrected chi connectivity index (χ1v) is 19.5. The molecule has 0 fully saturated rings. The molecule has 0 unspecified atom stereocenters. The lowest BCUT2D eigenvalue weighted by molar-refractivity contribution is -0.143. The van der Waals surface area contributed by atoms with Crippen LogP contribution in [0, 0.1) is 18.3 Å². The molecule has 0 saturated carbocycles. The average molecular weight is 816 g/mol. The number of hydrogen-bond acceptors (Lipinski definition) is 1. The second-order valence-corrected chi connectivity index (χ2v) is 15.4. The summed E-state index contributed by atoms with van der Waals surface area (Å²) in [5.41, 5.74) is 6.29. The van der Waals surface area contributed by atoms with E-state index in [1.807, 2.05) is 133 Å². The lowest BCUT2D eigenvalue weighted by atomic mass is 9.94. The number of aromatic nitrogens is 2. The molecule has 2 aromatic heterocycles. The number of aryl methyl sites for hydroxylation is 1. The van der Waals surface area contributed by atoms with E-state index in [2.05, 4.69) is 18.7 Å². The molecule has 9 heteroatoms. The minimum absolute atomic E-state index is 0.0845. The van der Waals surface area contributed by atoms with Crippen LogP contribution in [0.1, 0.15) is 41.7 Å². The standard InChI is InChI=1S/C52H35F6N3/c1-5-38(30(2)3)32-18-20-42-40-14-8-10-16-45(40)60(47(42)24-32)49-26-35(29-59)44(34-22-36(51(53,54)55)27-37(23-34)52(56,57)58)28-50(49)61-46-17-11-9-15-41(46)43-21-19-33(25-48(43)61)39-13-7-6-12-31(39)4/h5-28H,1H2,2-4H3. The number of alkyl halides is 6. The van der Waals surface area contributed by atoms with E-state index in [1.54, 1.807) is 18.2 Å².